The summed E-state index contributed by atoms with van der Waals surface area (Å²) in [4.78, 5) is 18.2. The van der Waals surface area contributed by atoms with Crippen molar-refractivity contribution in [3.63, 3.8) is 0 Å². The molecule has 0 saturated heterocycles. The van der Waals surface area contributed by atoms with E-state index in [1.807, 2.05) is 49.6 Å². The normalized spacial score (nSPS) is 11.1. The molecule has 0 aliphatic carbocycles. The lowest BCUT2D eigenvalue weighted by Gasteiger charge is -2.21. The minimum Gasteiger partial charge on any atom is -0.264 e. The van der Waals surface area contributed by atoms with E-state index in [-0.39, 0.29) is 0 Å². The van der Waals surface area contributed by atoms with E-state index in [2.05, 4.69) is 181 Å². The number of hydrogen-bond donors (Lipinski definition) is 0. The smallest absolute Gasteiger partial charge is 0.0349 e. The lowest BCUT2D eigenvalue weighted by Crippen LogP contribution is -1.96. The summed E-state index contributed by atoms with van der Waals surface area (Å²) in [5, 5.41) is 0. The van der Waals surface area contributed by atoms with Crippen LogP contribution in [0.2, 0.25) is 0 Å². The number of aromatic nitrogens is 4. The SMILES string of the molecule is Cc1ccncc1-c1cc(-c2cnccc2C)cc(-c2cc(-c3ccccc3)c(-c3cc(-c4cnccc4C)cc(-c4cnccc4C)c3)cc2-c2ccccc2)c1. The van der Waals surface area contributed by atoms with E-state index in [0.717, 1.165) is 89.0 Å². The second-order valence-electron chi connectivity index (χ2n) is 15.0. The van der Waals surface area contributed by atoms with Gasteiger partial charge in [-0.1, -0.05) is 60.7 Å². The largest absolute Gasteiger partial charge is 0.264 e. The molecule has 0 bridgehead atoms. The van der Waals surface area contributed by atoms with Crippen molar-refractivity contribution in [1.82, 2.24) is 19.9 Å². The van der Waals surface area contributed by atoms with Crippen LogP contribution in [0.15, 0.2) is 183 Å². The van der Waals surface area contributed by atoms with Gasteiger partial charge in [0.25, 0.3) is 0 Å². The Labute approximate surface area is 340 Å². The average Bonchev–Trinajstić information content (AvgIpc) is 3.27. The van der Waals surface area contributed by atoms with Gasteiger partial charge in [0.15, 0.2) is 0 Å². The standard InChI is InChI=1S/C54H42N4/c1-35-15-19-55-31-51(35)43-23-41(24-44(27-43)52-32-56-20-16-36(52)2)49-29-48(40-13-9-6-10-14-40)50(30-47(49)39-11-7-5-8-12-39)42-25-45(53-33-57-21-17-37(53)3)28-46(26-42)54-34-58-22-18-38(54)4/h5-34H,1-4H3. The van der Waals surface area contributed by atoms with Gasteiger partial charge < -0.3 is 0 Å². The summed E-state index contributed by atoms with van der Waals surface area (Å²) in [6.45, 7) is 8.61. The van der Waals surface area contributed by atoms with Gasteiger partial charge in [0.1, 0.15) is 0 Å². The third-order valence-electron chi connectivity index (χ3n) is 11.2. The van der Waals surface area contributed by atoms with Crippen LogP contribution < -0.4 is 0 Å². The Morgan fingerprint density at radius 3 is 0.741 bits per heavy atom. The predicted octanol–water partition coefficient (Wildman–Crippen LogP) is 13.8. The predicted molar refractivity (Wildman–Crippen MR) is 240 cm³/mol. The van der Waals surface area contributed by atoms with Crippen LogP contribution in [-0.4, -0.2) is 19.9 Å². The Kier molecular flexibility index (Phi) is 9.83. The number of nitrogens with zero attached hydrogens (tertiary/aromatic N) is 4. The van der Waals surface area contributed by atoms with Crippen LogP contribution in [0.5, 0.6) is 0 Å². The second-order valence-corrected chi connectivity index (χ2v) is 15.0. The van der Waals surface area contributed by atoms with Crippen LogP contribution in [0.4, 0.5) is 0 Å². The molecule has 0 radical (unpaired) electrons. The molecule has 58 heavy (non-hydrogen) atoms. The number of benzene rings is 5. The molecule has 4 heteroatoms. The van der Waals surface area contributed by atoms with Gasteiger partial charge in [-0.2, -0.15) is 0 Å². The molecule has 4 aromatic heterocycles. The van der Waals surface area contributed by atoms with Crippen molar-refractivity contribution in [3.05, 3.63) is 205 Å². The van der Waals surface area contributed by atoms with E-state index in [1.165, 1.54) is 22.3 Å². The van der Waals surface area contributed by atoms with Crippen LogP contribution in [0.25, 0.3) is 89.0 Å². The van der Waals surface area contributed by atoms with E-state index in [1.54, 1.807) is 0 Å². The first-order valence-corrected chi connectivity index (χ1v) is 19.6. The fourth-order valence-corrected chi connectivity index (χ4v) is 8.04. The number of hydrogen-bond acceptors (Lipinski definition) is 4. The maximum absolute atomic E-state index is 4.56. The van der Waals surface area contributed by atoms with Crippen LogP contribution in [0.3, 0.4) is 0 Å². The molecule has 0 saturated carbocycles. The lowest BCUT2D eigenvalue weighted by molar-refractivity contribution is 1.28. The maximum Gasteiger partial charge on any atom is 0.0349 e. The monoisotopic (exact) mass is 746 g/mol. The van der Waals surface area contributed by atoms with Crippen molar-refractivity contribution in [3.8, 4) is 89.0 Å². The van der Waals surface area contributed by atoms with Gasteiger partial charge in [0.2, 0.25) is 0 Å². The van der Waals surface area contributed by atoms with Crippen LogP contribution in [0.1, 0.15) is 22.3 Å². The third-order valence-corrected chi connectivity index (χ3v) is 11.2. The molecule has 278 valence electrons. The van der Waals surface area contributed by atoms with E-state index >= 15 is 0 Å². The zero-order chi connectivity index (χ0) is 39.6. The van der Waals surface area contributed by atoms with Crippen molar-refractivity contribution in [2.75, 3.05) is 0 Å². The lowest BCUT2D eigenvalue weighted by atomic mass is 9.83. The molecule has 4 nitrogen and oxygen atoms in total. The molecule has 0 N–H and O–H groups in total. The molecule has 0 unspecified atom stereocenters. The van der Waals surface area contributed by atoms with Gasteiger partial charge in [-0.15, -0.1) is 0 Å². The highest BCUT2D eigenvalue weighted by molar-refractivity contribution is 5.98. The van der Waals surface area contributed by atoms with Crippen LogP contribution in [0, 0.1) is 27.7 Å². The van der Waals surface area contributed by atoms with E-state index in [4.69, 9.17) is 0 Å². The van der Waals surface area contributed by atoms with Gasteiger partial charge in [-0.05, 0) is 190 Å². The fourth-order valence-electron chi connectivity index (χ4n) is 8.04. The van der Waals surface area contributed by atoms with Gasteiger partial charge >= 0.3 is 0 Å². The molecule has 0 atom stereocenters. The molecular weight excluding hydrogens is 705 g/mol. The molecule has 0 aliphatic heterocycles. The molecule has 0 spiro atoms. The summed E-state index contributed by atoms with van der Waals surface area (Å²) < 4.78 is 0. The minimum atomic E-state index is 1.11. The first-order chi connectivity index (χ1) is 28.4. The molecule has 5 aromatic carbocycles. The summed E-state index contributed by atoms with van der Waals surface area (Å²) in [6, 6.07) is 48.5. The summed E-state index contributed by atoms with van der Waals surface area (Å²) in [7, 11) is 0. The maximum atomic E-state index is 4.56. The Morgan fingerprint density at radius 1 is 0.241 bits per heavy atom. The van der Waals surface area contributed by atoms with Crippen molar-refractivity contribution >= 4 is 0 Å². The highest BCUT2D eigenvalue weighted by atomic mass is 14.6. The van der Waals surface area contributed by atoms with Gasteiger partial charge in [-0.3, -0.25) is 19.9 Å². The minimum absolute atomic E-state index is 1.11. The first-order valence-electron chi connectivity index (χ1n) is 19.6. The first kappa shape index (κ1) is 36.3. The number of rotatable bonds is 8. The summed E-state index contributed by atoms with van der Waals surface area (Å²) in [5.74, 6) is 0. The molecular formula is C54H42N4. The van der Waals surface area contributed by atoms with Crippen molar-refractivity contribution in [2.45, 2.75) is 27.7 Å². The van der Waals surface area contributed by atoms with Crippen LogP contribution in [-0.2, 0) is 0 Å². The molecule has 0 amide bonds. The van der Waals surface area contributed by atoms with Crippen molar-refractivity contribution < 1.29 is 0 Å². The summed E-state index contributed by atoms with van der Waals surface area (Å²) >= 11 is 0. The molecule has 0 aliphatic rings. The number of aryl methyl sites for hydroxylation is 4. The zero-order valence-electron chi connectivity index (χ0n) is 33.1. The van der Waals surface area contributed by atoms with Crippen LogP contribution >= 0.6 is 0 Å². The second kappa shape index (κ2) is 15.7. The topological polar surface area (TPSA) is 51.6 Å². The molecule has 4 heterocycles. The highest BCUT2D eigenvalue weighted by Gasteiger charge is 2.20. The quantitative estimate of drug-likeness (QED) is 0.155. The van der Waals surface area contributed by atoms with E-state index in [9.17, 15) is 0 Å². The van der Waals surface area contributed by atoms with Gasteiger partial charge in [0.05, 0.1) is 0 Å². The Bertz CT molecular complexity index is 2600. The summed E-state index contributed by atoms with van der Waals surface area (Å²) in [6.07, 6.45) is 15.3. The third kappa shape index (κ3) is 7.13. The average molecular weight is 747 g/mol. The number of pyridine rings is 4. The molecule has 0 fully saturated rings. The Balaban J connectivity index is 1.37. The molecule has 9 aromatic rings. The fraction of sp³-hybridized carbons (Fsp3) is 0.0741. The Morgan fingerprint density at radius 2 is 0.483 bits per heavy atom. The van der Waals surface area contributed by atoms with Crippen molar-refractivity contribution in [2.24, 2.45) is 0 Å². The Hall–Kier alpha value is -7.30. The van der Waals surface area contributed by atoms with E-state index < -0.39 is 0 Å². The zero-order valence-corrected chi connectivity index (χ0v) is 33.1. The summed E-state index contributed by atoms with van der Waals surface area (Å²) in [5.41, 5.74) is 22.7. The van der Waals surface area contributed by atoms with Gasteiger partial charge in [0, 0.05) is 71.8 Å². The van der Waals surface area contributed by atoms with E-state index in [0.29, 0.717) is 0 Å². The molecule has 9 rings (SSSR count). The highest BCUT2D eigenvalue weighted by Crippen LogP contribution is 2.46. The van der Waals surface area contributed by atoms with Crippen molar-refractivity contribution in [1.29, 1.82) is 0 Å². The van der Waals surface area contributed by atoms with Gasteiger partial charge in [-0.25, -0.2) is 0 Å².